The molecule has 3 rings (SSSR count). The number of aromatic nitrogens is 2. The SMILES string of the molecule is CCC1(CC)Oc2cc3nonc3cc2C(NC(=O)NC)C1O. The minimum atomic E-state index is -0.889. The molecule has 2 aromatic rings. The number of benzene rings is 1. The number of ether oxygens (including phenoxy) is 1. The van der Waals surface area contributed by atoms with Gasteiger partial charge in [-0.1, -0.05) is 13.8 Å². The quantitative estimate of drug-likeness (QED) is 0.791. The Morgan fingerprint density at radius 2 is 1.96 bits per heavy atom. The van der Waals surface area contributed by atoms with Crippen molar-refractivity contribution in [3.8, 4) is 5.75 Å². The van der Waals surface area contributed by atoms with Gasteiger partial charge in [0.05, 0.1) is 6.04 Å². The van der Waals surface area contributed by atoms with Crippen LogP contribution in [0.3, 0.4) is 0 Å². The van der Waals surface area contributed by atoms with Crippen molar-refractivity contribution >= 4 is 17.1 Å². The standard InChI is InChI=1S/C15H20N4O4/c1-4-15(5-2)13(20)12(17-14(21)16-3)8-6-9-10(19-23-18-9)7-11(8)22-15/h6-7,12-13,20H,4-5H2,1-3H3,(H2,16,17,21). The molecule has 1 aromatic heterocycles. The molecular formula is C15H20N4O4. The zero-order valence-electron chi connectivity index (χ0n) is 13.3. The van der Waals surface area contributed by atoms with Crippen molar-refractivity contribution in [2.45, 2.75) is 44.4 Å². The van der Waals surface area contributed by atoms with E-state index in [1.54, 1.807) is 12.1 Å². The van der Waals surface area contributed by atoms with Gasteiger partial charge in [-0.25, -0.2) is 9.42 Å². The summed E-state index contributed by atoms with van der Waals surface area (Å²) in [5, 5.41) is 23.8. The van der Waals surface area contributed by atoms with Crippen molar-refractivity contribution in [3.63, 3.8) is 0 Å². The van der Waals surface area contributed by atoms with Crippen LogP contribution in [-0.2, 0) is 0 Å². The molecule has 0 bridgehead atoms. The number of aliphatic hydroxyl groups is 1. The molecule has 23 heavy (non-hydrogen) atoms. The third kappa shape index (κ3) is 2.39. The average Bonchev–Trinajstić information content (AvgIpc) is 3.02. The summed E-state index contributed by atoms with van der Waals surface area (Å²) >= 11 is 0. The number of carbonyl (C=O) groups excluding carboxylic acids is 1. The molecule has 0 saturated carbocycles. The Morgan fingerprint density at radius 3 is 2.57 bits per heavy atom. The van der Waals surface area contributed by atoms with E-state index in [4.69, 9.17) is 9.37 Å². The zero-order valence-corrected chi connectivity index (χ0v) is 13.3. The summed E-state index contributed by atoms with van der Waals surface area (Å²) in [6.07, 6.45) is 0.315. The van der Waals surface area contributed by atoms with E-state index in [0.717, 1.165) is 0 Å². The first kappa shape index (κ1) is 15.5. The van der Waals surface area contributed by atoms with Gasteiger partial charge in [0, 0.05) is 18.7 Å². The summed E-state index contributed by atoms with van der Waals surface area (Å²) in [4.78, 5) is 11.8. The molecule has 8 nitrogen and oxygen atoms in total. The second kappa shape index (κ2) is 5.69. The molecule has 2 atom stereocenters. The number of nitrogens with one attached hydrogen (secondary N) is 2. The second-order valence-corrected chi connectivity index (χ2v) is 5.66. The topological polar surface area (TPSA) is 110 Å². The molecular weight excluding hydrogens is 300 g/mol. The number of urea groups is 1. The van der Waals surface area contributed by atoms with E-state index in [1.165, 1.54) is 7.05 Å². The fourth-order valence-electron chi connectivity index (χ4n) is 3.10. The van der Waals surface area contributed by atoms with Crippen LogP contribution in [0.15, 0.2) is 16.8 Å². The van der Waals surface area contributed by atoms with Gasteiger partial charge >= 0.3 is 6.03 Å². The molecule has 124 valence electrons. The van der Waals surface area contributed by atoms with Crippen LogP contribution in [0.1, 0.15) is 38.3 Å². The highest BCUT2D eigenvalue weighted by Crippen LogP contribution is 2.44. The van der Waals surface area contributed by atoms with Crippen molar-refractivity contribution in [1.29, 1.82) is 0 Å². The number of carbonyl (C=O) groups is 1. The number of nitrogens with zero attached hydrogens (tertiary/aromatic N) is 2. The molecule has 0 spiro atoms. The van der Waals surface area contributed by atoms with E-state index >= 15 is 0 Å². The van der Waals surface area contributed by atoms with E-state index in [2.05, 4.69) is 20.9 Å². The monoisotopic (exact) mass is 320 g/mol. The van der Waals surface area contributed by atoms with Gasteiger partial charge < -0.3 is 20.5 Å². The lowest BCUT2D eigenvalue weighted by Gasteiger charge is -2.45. The molecule has 3 N–H and O–H groups in total. The lowest BCUT2D eigenvalue weighted by Crippen LogP contribution is -2.57. The smallest absolute Gasteiger partial charge is 0.315 e. The van der Waals surface area contributed by atoms with Gasteiger partial charge in [-0.15, -0.1) is 0 Å². The third-order valence-corrected chi connectivity index (χ3v) is 4.60. The molecule has 1 aliphatic rings. The molecule has 1 aromatic carbocycles. The van der Waals surface area contributed by atoms with Crippen molar-refractivity contribution < 1.29 is 19.3 Å². The van der Waals surface area contributed by atoms with Crippen LogP contribution in [0.4, 0.5) is 4.79 Å². The summed E-state index contributed by atoms with van der Waals surface area (Å²) in [7, 11) is 1.53. The van der Waals surface area contributed by atoms with Crippen molar-refractivity contribution in [2.24, 2.45) is 0 Å². The van der Waals surface area contributed by atoms with Crippen LogP contribution < -0.4 is 15.4 Å². The average molecular weight is 320 g/mol. The Morgan fingerprint density at radius 1 is 1.30 bits per heavy atom. The third-order valence-electron chi connectivity index (χ3n) is 4.60. The number of hydrogen-bond acceptors (Lipinski definition) is 6. The minimum absolute atomic E-state index is 0.374. The lowest BCUT2D eigenvalue weighted by molar-refractivity contribution is -0.0899. The normalized spacial score (nSPS) is 22.3. The highest BCUT2D eigenvalue weighted by molar-refractivity contribution is 5.78. The Balaban J connectivity index is 2.13. The van der Waals surface area contributed by atoms with E-state index in [0.29, 0.717) is 35.2 Å². The van der Waals surface area contributed by atoms with Crippen molar-refractivity contribution in [1.82, 2.24) is 20.9 Å². The van der Waals surface area contributed by atoms with Crippen molar-refractivity contribution in [3.05, 3.63) is 17.7 Å². The van der Waals surface area contributed by atoms with E-state index in [-0.39, 0.29) is 6.03 Å². The molecule has 2 unspecified atom stereocenters. The van der Waals surface area contributed by atoms with Crippen LogP contribution in [0.2, 0.25) is 0 Å². The van der Waals surface area contributed by atoms with Crippen molar-refractivity contribution in [2.75, 3.05) is 7.05 Å². The molecule has 2 amide bonds. The fraction of sp³-hybridized carbons (Fsp3) is 0.533. The van der Waals surface area contributed by atoms with Gasteiger partial charge in [-0.05, 0) is 29.2 Å². The molecule has 0 radical (unpaired) electrons. The number of aliphatic hydroxyl groups excluding tert-OH is 1. The predicted octanol–water partition coefficient (Wildman–Crippen LogP) is 1.50. The lowest BCUT2D eigenvalue weighted by atomic mass is 9.80. The minimum Gasteiger partial charge on any atom is -0.484 e. The maximum absolute atomic E-state index is 11.8. The molecule has 2 heterocycles. The first-order valence-corrected chi connectivity index (χ1v) is 7.66. The highest BCUT2D eigenvalue weighted by atomic mass is 16.6. The maximum Gasteiger partial charge on any atom is 0.315 e. The predicted molar refractivity (Wildman–Crippen MR) is 82.1 cm³/mol. The Kier molecular flexibility index (Phi) is 3.85. The second-order valence-electron chi connectivity index (χ2n) is 5.66. The molecule has 8 heteroatoms. The number of amides is 2. The number of hydrogen-bond donors (Lipinski definition) is 3. The van der Waals surface area contributed by atoms with E-state index < -0.39 is 17.7 Å². The molecule has 0 aliphatic carbocycles. The Labute approximate surface area is 133 Å². The van der Waals surface area contributed by atoms with E-state index in [9.17, 15) is 9.90 Å². The fourth-order valence-corrected chi connectivity index (χ4v) is 3.10. The van der Waals surface area contributed by atoms with E-state index in [1.807, 2.05) is 13.8 Å². The number of fused-ring (bicyclic) bond motifs is 2. The first-order chi connectivity index (χ1) is 11.0. The van der Waals surface area contributed by atoms with Crippen LogP contribution in [0.25, 0.3) is 11.0 Å². The molecule has 1 aliphatic heterocycles. The van der Waals surface area contributed by atoms with Crippen LogP contribution in [0.5, 0.6) is 5.75 Å². The van der Waals surface area contributed by atoms with Gasteiger partial charge in [-0.3, -0.25) is 0 Å². The van der Waals surface area contributed by atoms with Gasteiger partial charge in [0.2, 0.25) is 0 Å². The summed E-state index contributed by atoms with van der Waals surface area (Å²) in [6, 6.07) is 2.47. The molecule has 0 saturated heterocycles. The largest absolute Gasteiger partial charge is 0.484 e. The van der Waals surface area contributed by atoms with Crippen LogP contribution in [-0.4, -0.2) is 40.2 Å². The van der Waals surface area contributed by atoms with Crippen LogP contribution >= 0.6 is 0 Å². The Bertz CT molecular complexity index is 725. The van der Waals surface area contributed by atoms with Gasteiger partial charge in [0.25, 0.3) is 0 Å². The number of rotatable bonds is 3. The van der Waals surface area contributed by atoms with Crippen LogP contribution in [0, 0.1) is 0 Å². The Hall–Kier alpha value is -2.35. The first-order valence-electron chi connectivity index (χ1n) is 7.66. The maximum atomic E-state index is 11.8. The van der Waals surface area contributed by atoms with Gasteiger partial charge in [0.15, 0.2) is 0 Å². The zero-order chi connectivity index (χ0) is 16.6. The molecule has 0 fully saturated rings. The van der Waals surface area contributed by atoms with Gasteiger partial charge in [0.1, 0.15) is 28.5 Å². The summed E-state index contributed by atoms with van der Waals surface area (Å²) < 4.78 is 10.9. The summed E-state index contributed by atoms with van der Waals surface area (Å²) in [6.45, 7) is 3.90. The summed E-state index contributed by atoms with van der Waals surface area (Å²) in [5.41, 5.74) is 0.995. The highest BCUT2D eigenvalue weighted by Gasteiger charge is 2.48. The van der Waals surface area contributed by atoms with Gasteiger partial charge in [-0.2, -0.15) is 0 Å². The summed E-state index contributed by atoms with van der Waals surface area (Å²) in [5.74, 6) is 0.573.